The summed E-state index contributed by atoms with van der Waals surface area (Å²) in [5.41, 5.74) is 8.54. The first kappa shape index (κ1) is 13.8. The molecule has 0 spiro atoms. The highest BCUT2D eigenvalue weighted by Gasteiger charge is 2.34. The van der Waals surface area contributed by atoms with E-state index in [1.165, 1.54) is 0 Å². The van der Waals surface area contributed by atoms with E-state index in [0.717, 1.165) is 16.8 Å². The second-order valence-electron chi connectivity index (χ2n) is 4.67. The van der Waals surface area contributed by atoms with Crippen LogP contribution in [0.1, 0.15) is 22.7 Å². The van der Waals surface area contributed by atoms with E-state index in [4.69, 9.17) is 33.7 Å². The first-order valence-electron chi connectivity index (χ1n) is 6.10. The molecule has 1 atom stereocenters. The summed E-state index contributed by atoms with van der Waals surface area (Å²) < 4.78 is 5.40. The number of hydrogen-bond acceptors (Lipinski definition) is 4. The normalized spacial score (nSPS) is 17.1. The summed E-state index contributed by atoms with van der Waals surface area (Å²) in [6.07, 6.45) is 0. The molecule has 1 unspecified atom stereocenters. The monoisotopic (exact) mass is 320 g/mol. The molecule has 2 heterocycles. The summed E-state index contributed by atoms with van der Waals surface area (Å²) in [5.74, 6) is 0.0416. The molecule has 106 valence electrons. The third kappa shape index (κ3) is 2.13. The second kappa shape index (κ2) is 4.99. The van der Waals surface area contributed by atoms with Gasteiger partial charge in [0.1, 0.15) is 11.6 Å². The molecule has 1 aromatic heterocycles. The molecule has 3 rings (SSSR count). The van der Waals surface area contributed by atoms with Gasteiger partial charge in [-0.2, -0.15) is 5.26 Å². The Hall–Kier alpha value is -2.16. The Kier molecular flexibility index (Phi) is 3.28. The van der Waals surface area contributed by atoms with Gasteiger partial charge in [0.2, 0.25) is 11.8 Å². The second-order valence-corrected chi connectivity index (χ2v) is 5.48. The summed E-state index contributed by atoms with van der Waals surface area (Å²) in [4.78, 5) is 0. The van der Waals surface area contributed by atoms with Gasteiger partial charge >= 0.3 is 0 Å². The molecule has 0 saturated heterocycles. The average Bonchev–Trinajstić information content (AvgIpc) is 2.81. The number of aromatic nitrogens is 2. The first-order chi connectivity index (χ1) is 10.0. The van der Waals surface area contributed by atoms with Crippen molar-refractivity contribution in [2.45, 2.75) is 12.8 Å². The SMILES string of the molecule is Cc1[nH]nc2c1C(c1ccc(Cl)c(Cl)c1)C(C#N)=C(N)O2. The highest BCUT2D eigenvalue weighted by Crippen LogP contribution is 2.43. The number of nitrogens with two attached hydrogens (primary N) is 1. The molecule has 0 amide bonds. The largest absolute Gasteiger partial charge is 0.420 e. The fourth-order valence-electron chi connectivity index (χ4n) is 2.42. The zero-order valence-electron chi connectivity index (χ0n) is 10.9. The zero-order valence-corrected chi connectivity index (χ0v) is 12.5. The van der Waals surface area contributed by atoms with E-state index in [9.17, 15) is 5.26 Å². The summed E-state index contributed by atoms with van der Waals surface area (Å²) in [6, 6.07) is 7.33. The summed E-state index contributed by atoms with van der Waals surface area (Å²) in [6.45, 7) is 1.86. The standard InChI is InChI=1S/C14H10Cl2N4O/c1-6-11-12(7-2-3-9(15)10(16)4-7)8(5-17)13(18)21-14(11)20-19-6/h2-4,12H,18H2,1H3,(H,19,20). The third-order valence-electron chi connectivity index (χ3n) is 3.41. The van der Waals surface area contributed by atoms with Crippen LogP contribution in [0.3, 0.4) is 0 Å². The molecule has 3 N–H and O–H groups in total. The van der Waals surface area contributed by atoms with E-state index in [1.807, 2.05) is 13.0 Å². The van der Waals surface area contributed by atoms with Gasteiger partial charge in [-0.3, -0.25) is 5.10 Å². The molecule has 1 aliphatic rings. The van der Waals surface area contributed by atoms with Crippen LogP contribution in [0, 0.1) is 18.3 Å². The van der Waals surface area contributed by atoms with Crippen LogP contribution < -0.4 is 10.5 Å². The maximum absolute atomic E-state index is 9.41. The van der Waals surface area contributed by atoms with Crippen molar-refractivity contribution < 1.29 is 4.74 Å². The minimum atomic E-state index is -0.382. The van der Waals surface area contributed by atoms with Crippen LogP contribution >= 0.6 is 23.2 Å². The Morgan fingerprint density at radius 3 is 2.81 bits per heavy atom. The van der Waals surface area contributed by atoms with Gasteiger partial charge in [0, 0.05) is 11.3 Å². The van der Waals surface area contributed by atoms with Gasteiger partial charge in [0.15, 0.2) is 0 Å². The van der Waals surface area contributed by atoms with E-state index in [1.54, 1.807) is 12.1 Å². The van der Waals surface area contributed by atoms with Crippen LogP contribution in [-0.2, 0) is 0 Å². The molecular formula is C14H10Cl2N4O. The lowest BCUT2D eigenvalue weighted by molar-refractivity contribution is 0.379. The molecule has 0 saturated carbocycles. The summed E-state index contributed by atoms with van der Waals surface area (Å²) in [5, 5.41) is 17.2. The molecule has 1 aromatic carbocycles. The van der Waals surface area contributed by atoms with Crippen molar-refractivity contribution in [3.8, 4) is 11.9 Å². The minimum absolute atomic E-state index is 0.0487. The number of nitriles is 1. The van der Waals surface area contributed by atoms with Crippen molar-refractivity contribution in [1.29, 1.82) is 5.26 Å². The topological polar surface area (TPSA) is 87.7 Å². The number of H-pyrrole nitrogens is 1. The number of nitrogens with one attached hydrogen (secondary N) is 1. The lowest BCUT2D eigenvalue weighted by Crippen LogP contribution is -2.21. The Balaban J connectivity index is 2.24. The Morgan fingerprint density at radius 2 is 2.14 bits per heavy atom. The van der Waals surface area contributed by atoms with E-state index in [2.05, 4.69) is 16.3 Å². The molecule has 21 heavy (non-hydrogen) atoms. The number of benzene rings is 1. The van der Waals surface area contributed by atoms with Crippen LogP contribution in [0.15, 0.2) is 29.7 Å². The van der Waals surface area contributed by atoms with Crippen molar-refractivity contribution in [1.82, 2.24) is 10.2 Å². The molecule has 0 fully saturated rings. The lowest BCUT2D eigenvalue weighted by Gasteiger charge is -2.23. The highest BCUT2D eigenvalue weighted by molar-refractivity contribution is 6.42. The molecule has 2 aromatic rings. The zero-order chi connectivity index (χ0) is 15.1. The van der Waals surface area contributed by atoms with Crippen LogP contribution in [0.2, 0.25) is 10.0 Å². The molecule has 1 aliphatic heterocycles. The van der Waals surface area contributed by atoms with Gasteiger partial charge < -0.3 is 10.5 Å². The minimum Gasteiger partial charge on any atom is -0.420 e. The molecule has 7 heteroatoms. The number of allylic oxidation sites excluding steroid dienone is 1. The van der Waals surface area contributed by atoms with E-state index < -0.39 is 0 Å². The van der Waals surface area contributed by atoms with Crippen LogP contribution in [-0.4, -0.2) is 10.2 Å². The molecule has 0 radical (unpaired) electrons. The number of rotatable bonds is 1. The summed E-state index contributed by atoms with van der Waals surface area (Å²) >= 11 is 12.0. The number of fused-ring (bicyclic) bond motifs is 1. The van der Waals surface area contributed by atoms with Crippen LogP contribution in [0.5, 0.6) is 5.88 Å². The lowest BCUT2D eigenvalue weighted by atomic mass is 9.84. The number of nitrogens with zero attached hydrogens (tertiary/aromatic N) is 2. The Labute approximate surface area is 130 Å². The van der Waals surface area contributed by atoms with Crippen LogP contribution in [0.4, 0.5) is 0 Å². The fourth-order valence-corrected chi connectivity index (χ4v) is 2.73. The number of halogens is 2. The first-order valence-corrected chi connectivity index (χ1v) is 6.86. The Bertz CT molecular complexity index is 804. The van der Waals surface area contributed by atoms with Gasteiger partial charge in [-0.05, 0) is 24.6 Å². The molecule has 0 bridgehead atoms. The van der Waals surface area contributed by atoms with E-state index in [-0.39, 0.29) is 11.8 Å². The highest BCUT2D eigenvalue weighted by atomic mass is 35.5. The number of hydrogen-bond donors (Lipinski definition) is 2. The number of ether oxygens (including phenoxy) is 1. The molecule has 0 aliphatic carbocycles. The van der Waals surface area contributed by atoms with Crippen LogP contribution in [0.25, 0.3) is 0 Å². The Morgan fingerprint density at radius 1 is 1.38 bits per heavy atom. The molecular weight excluding hydrogens is 311 g/mol. The van der Waals surface area contributed by atoms with Crippen molar-refractivity contribution in [2.24, 2.45) is 5.73 Å². The van der Waals surface area contributed by atoms with Gasteiger partial charge in [-0.15, -0.1) is 5.10 Å². The van der Waals surface area contributed by atoms with Crippen molar-refractivity contribution >= 4 is 23.2 Å². The van der Waals surface area contributed by atoms with E-state index >= 15 is 0 Å². The molecule has 5 nitrogen and oxygen atoms in total. The van der Waals surface area contributed by atoms with Crippen molar-refractivity contribution in [2.75, 3.05) is 0 Å². The maximum atomic E-state index is 9.41. The number of aryl methyl sites for hydroxylation is 1. The third-order valence-corrected chi connectivity index (χ3v) is 4.15. The average molecular weight is 321 g/mol. The van der Waals surface area contributed by atoms with E-state index in [0.29, 0.717) is 21.5 Å². The maximum Gasteiger partial charge on any atom is 0.244 e. The van der Waals surface area contributed by atoms with Crippen molar-refractivity contribution in [3.63, 3.8) is 0 Å². The van der Waals surface area contributed by atoms with Gasteiger partial charge in [0.25, 0.3) is 0 Å². The predicted octanol–water partition coefficient (Wildman–Crippen LogP) is 3.24. The van der Waals surface area contributed by atoms with Gasteiger partial charge in [-0.25, -0.2) is 0 Å². The quantitative estimate of drug-likeness (QED) is 0.844. The summed E-state index contributed by atoms with van der Waals surface area (Å²) in [7, 11) is 0. The smallest absolute Gasteiger partial charge is 0.244 e. The fraction of sp³-hybridized carbons (Fsp3) is 0.143. The van der Waals surface area contributed by atoms with Gasteiger partial charge in [-0.1, -0.05) is 29.3 Å². The number of aromatic amines is 1. The van der Waals surface area contributed by atoms with Gasteiger partial charge in [0.05, 0.1) is 16.0 Å². The van der Waals surface area contributed by atoms with Crippen molar-refractivity contribution in [3.05, 3.63) is 56.5 Å². The predicted molar refractivity (Wildman–Crippen MR) is 79.1 cm³/mol.